The van der Waals surface area contributed by atoms with E-state index in [-0.39, 0.29) is 5.54 Å². The van der Waals surface area contributed by atoms with Crippen molar-refractivity contribution in [3.05, 3.63) is 29.3 Å². The van der Waals surface area contributed by atoms with Crippen molar-refractivity contribution in [3.63, 3.8) is 0 Å². The zero-order valence-corrected chi connectivity index (χ0v) is 15.4. The number of nitrogens with two attached hydrogens (primary N) is 1. The molecule has 0 saturated heterocycles. The SMILES string of the molecule is CCCCCCCOc1ccc2c(c1)CC[C@H]([C@@](C)(N)CC)C2. The number of ether oxygens (including phenoxy) is 1. The molecule has 0 fully saturated rings. The van der Waals surface area contributed by atoms with Gasteiger partial charge >= 0.3 is 0 Å². The van der Waals surface area contributed by atoms with Crippen molar-refractivity contribution in [3.8, 4) is 5.75 Å². The minimum atomic E-state index is -0.0364. The van der Waals surface area contributed by atoms with E-state index < -0.39 is 0 Å². The fraction of sp³-hybridized carbons (Fsp3) is 0.714. The first kappa shape index (κ1) is 18.3. The van der Waals surface area contributed by atoms with E-state index >= 15 is 0 Å². The normalized spacial score (nSPS) is 19.9. The highest BCUT2D eigenvalue weighted by Gasteiger charge is 2.31. The molecule has 1 aliphatic carbocycles. The fourth-order valence-electron chi connectivity index (χ4n) is 3.57. The van der Waals surface area contributed by atoms with Crippen LogP contribution in [0.2, 0.25) is 0 Å². The van der Waals surface area contributed by atoms with Gasteiger partial charge in [0.1, 0.15) is 5.75 Å². The van der Waals surface area contributed by atoms with E-state index in [9.17, 15) is 0 Å². The molecule has 0 aromatic heterocycles. The van der Waals surface area contributed by atoms with E-state index in [2.05, 4.69) is 39.0 Å². The molecule has 130 valence electrons. The second kappa shape index (κ2) is 8.73. The highest BCUT2D eigenvalue weighted by atomic mass is 16.5. The molecule has 0 amide bonds. The number of aryl methyl sites for hydroxylation is 1. The van der Waals surface area contributed by atoms with Gasteiger partial charge in [-0.15, -0.1) is 0 Å². The predicted octanol–water partition coefficient (Wildman–Crippen LogP) is 5.27. The lowest BCUT2D eigenvalue weighted by Crippen LogP contribution is -2.45. The summed E-state index contributed by atoms with van der Waals surface area (Å²) in [5.74, 6) is 1.65. The van der Waals surface area contributed by atoms with Crippen molar-refractivity contribution in [2.45, 2.75) is 84.1 Å². The fourth-order valence-corrected chi connectivity index (χ4v) is 3.57. The maximum Gasteiger partial charge on any atom is 0.119 e. The van der Waals surface area contributed by atoms with Crippen LogP contribution in [-0.2, 0) is 12.8 Å². The van der Waals surface area contributed by atoms with E-state index in [4.69, 9.17) is 10.5 Å². The summed E-state index contributed by atoms with van der Waals surface area (Å²) in [7, 11) is 0. The van der Waals surface area contributed by atoms with Crippen molar-refractivity contribution in [2.24, 2.45) is 11.7 Å². The Bertz CT molecular complexity index is 481. The number of rotatable bonds is 9. The number of benzene rings is 1. The van der Waals surface area contributed by atoms with E-state index in [0.29, 0.717) is 5.92 Å². The lowest BCUT2D eigenvalue weighted by molar-refractivity contribution is 0.257. The minimum Gasteiger partial charge on any atom is -0.494 e. The van der Waals surface area contributed by atoms with Gasteiger partial charge in [0, 0.05) is 5.54 Å². The van der Waals surface area contributed by atoms with Crippen LogP contribution in [0.4, 0.5) is 0 Å². The second-order valence-electron chi connectivity index (χ2n) is 7.49. The molecule has 0 unspecified atom stereocenters. The topological polar surface area (TPSA) is 35.2 Å². The van der Waals surface area contributed by atoms with Crippen molar-refractivity contribution in [1.82, 2.24) is 0 Å². The number of fused-ring (bicyclic) bond motifs is 1. The smallest absolute Gasteiger partial charge is 0.119 e. The van der Waals surface area contributed by atoms with Crippen LogP contribution >= 0.6 is 0 Å². The van der Waals surface area contributed by atoms with Gasteiger partial charge < -0.3 is 10.5 Å². The minimum absolute atomic E-state index is 0.0364. The number of hydrogen-bond acceptors (Lipinski definition) is 2. The summed E-state index contributed by atoms with van der Waals surface area (Å²) in [6.07, 6.45) is 10.9. The summed E-state index contributed by atoms with van der Waals surface area (Å²) >= 11 is 0. The molecule has 23 heavy (non-hydrogen) atoms. The molecule has 2 heteroatoms. The van der Waals surface area contributed by atoms with Crippen LogP contribution in [0.3, 0.4) is 0 Å². The molecular weight excluding hydrogens is 282 g/mol. The molecule has 0 heterocycles. The molecule has 1 aromatic carbocycles. The average Bonchev–Trinajstić information content (AvgIpc) is 2.57. The van der Waals surface area contributed by atoms with Gasteiger partial charge in [0.2, 0.25) is 0 Å². The van der Waals surface area contributed by atoms with Crippen LogP contribution in [0, 0.1) is 5.92 Å². The Hall–Kier alpha value is -1.02. The summed E-state index contributed by atoms with van der Waals surface area (Å²) < 4.78 is 5.94. The summed E-state index contributed by atoms with van der Waals surface area (Å²) in [5, 5.41) is 0. The zero-order chi connectivity index (χ0) is 16.7. The van der Waals surface area contributed by atoms with Gasteiger partial charge in [-0.2, -0.15) is 0 Å². The second-order valence-corrected chi connectivity index (χ2v) is 7.49. The number of unbranched alkanes of at least 4 members (excludes halogenated alkanes) is 4. The lowest BCUT2D eigenvalue weighted by atomic mass is 9.73. The van der Waals surface area contributed by atoms with Crippen molar-refractivity contribution in [2.75, 3.05) is 6.61 Å². The quantitative estimate of drug-likeness (QED) is 0.630. The maximum atomic E-state index is 6.47. The number of hydrogen-bond donors (Lipinski definition) is 1. The highest BCUT2D eigenvalue weighted by Crippen LogP contribution is 2.34. The van der Waals surface area contributed by atoms with E-state index in [1.807, 2.05) is 0 Å². The monoisotopic (exact) mass is 317 g/mol. The van der Waals surface area contributed by atoms with Crippen LogP contribution in [0.1, 0.15) is 76.8 Å². The van der Waals surface area contributed by atoms with Gasteiger partial charge in [-0.05, 0) is 68.2 Å². The summed E-state index contributed by atoms with van der Waals surface area (Å²) in [5.41, 5.74) is 9.38. The Balaban J connectivity index is 1.84. The largest absolute Gasteiger partial charge is 0.494 e. The van der Waals surface area contributed by atoms with Crippen molar-refractivity contribution >= 4 is 0 Å². The molecule has 1 aromatic rings. The zero-order valence-electron chi connectivity index (χ0n) is 15.4. The third-order valence-electron chi connectivity index (χ3n) is 5.62. The molecule has 2 nitrogen and oxygen atoms in total. The lowest BCUT2D eigenvalue weighted by Gasteiger charge is -2.37. The molecule has 0 spiro atoms. The highest BCUT2D eigenvalue weighted by molar-refractivity contribution is 5.37. The van der Waals surface area contributed by atoms with Gasteiger partial charge in [-0.1, -0.05) is 45.6 Å². The van der Waals surface area contributed by atoms with E-state index in [1.54, 1.807) is 0 Å². The Labute approximate surface area is 142 Å². The first-order valence-corrected chi connectivity index (χ1v) is 9.60. The van der Waals surface area contributed by atoms with Crippen LogP contribution in [0.15, 0.2) is 18.2 Å². The first-order valence-electron chi connectivity index (χ1n) is 9.60. The first-order chi connectivity index (χ1) is 11.1. The third-order valence-corrected chi connectivity index (χ3v) is 5.62. The van der Waals surface area contributed by atoms with Crippen molar-refractivity contribution in [1.29, 1.82) is 0 Å². The molecule has 2 rings (SSSR count). The van der Waals surface area contributed by atoms with E-state index in [1.165, 1.54) is 49.7 Å². The molecular formula is C21H35NO. The summed E-state index contributed by atoms with van der Waals surface area (Å²) in [6.45, 7) is 7.51. The van der Waals surface area contributed by atoms with Gasteiger partial charge in [0.15, 0.2) is 0 Å². The van der Waals surface area contributed by atoms with Gasteiger partial charge in [-0.3, -0.25) is 0 Å². The maximum absolute atomic E-state index is 6.47. The van der Waals surface area contributed by atoms with Crippen LogP contribution < -0.4 is 10.5 Å². The Morgan fingerprint density at radius 1 is 1.13 bits per heavy atom. The Morgan fingerprint density at radius 2 is 1.91 bits per heavy atom. The molecule has 0 aliphatic heterocycles. The van der Waals surface area contributed by atoms with Gasteiger partial charge in [0.05, 0.1) is 6.61 Å². The molecule has 0 saturated carbocycles. The van der Waals surface area contributed by atoms with Gasteiger partial charge in [0.25, 0.3) is 0 Å². The predicted molar refractivity (Wildman–Crippen MR) is 99.1 cm³/mol. The average molecular weight is 318 g/mol. The standard InChI is InChI=1S/C21H35NO/c1-4-6-7-8-9-14-23-20-13-11-17-15-19(21(3,22)5-2)12-10-18(17)16-20/h11,13,16,19H,4-10,12,14-15,22H2,1-3H3/t19-,21-/m0/s1. The summed E-state index contributed by atoms with van der Waals surface area (Å²) in [6, 6.07) is 6.67. The van der Waals surface area contributed by atoms with Gasteiger partial charge in [-0.25, -0.2) is 0 Å². The van der Waals surface area contributed by atoms with Crippen molar-refractivity contribution < 1.29 is 4.74 Å². The van der Waals surface area contributed by atoms with Crippen LogP contribution in [0.25, 0.3) is 0 Å². The summed E-state index contributed by atoms with van der Waals surface area (Å²) in [4.78, 5) is 0. The molecule has 0 bridgehead atoms. The third kappa shape index (κ3) is 5.24. The molecule has 0 radical (unpaired) electrons. The molecule has 2 N–H and O–H groups in total. The molecule has 1 aliphatic rings. The van der Waals surface area contributed by atoms with Crippen LogP contribution in [0.5, 0.6) is 5.75 Å². The molecule has 2 atom stereocenters. The Morgan fingerprint density at radius 3 is 2.65 bits per heavy atom. The van der Waals surface area contributed by atoms with Crippen LogP contribution in [-0.4, -0.2) is 12.1 Å². The van der Waals surface area contributed by atoms with E-state index in [0.717, 1.165) is 31.6 Å². The Kier molecular flexibility index (Phi) is 6.95.